The van der Waals surface area contributed by atoms with Gasteiger partial charge < -0.3 is 19.7 Å². The van der Waals surface area contributed by atoms with Gasteiger partial charge in [0.25, 0.3) is 0 Å². The maximum Gasteiger partial charge on any atom is 0.350 e. The third-order valence-electron chi connectivity index (χ3n) is 3.81. The molecule has 2 rings (SSSR count). The molecular weight excluding hydrogens is 315 g/mol. The van der Waals surface area contributed by atoms with E-state index in [2.05, 4.69) is 0 Å². The molecule has 2 aromatic rings. The van der Waals surface area contributed by atoms with Crippen LogP contribution in [0.25, 0.3) is 0 Å². The molecule has 0 aromatic heterocycles. The Morgan fingerprint density at radius 2 is 1.83 bits per heavy atom. The molecule has 0 aliphatic carbocycles. The Morgan fingerprint density at radius 1 is 1.21 bits per heavy atom. The molecule has 0 amide bonds. The number of carboxylic acids is 1. The lowest BCUT2D eigenvalue weighted by atomic mass is 10.00. The fraction of sp³-hybridized carbons (Fsp3) is 0.278. The third-order valence-corrected chi connectivity index (χ3v) is 3.81. The van der Waals surface area contributed by atoms with Crippen LogP contribution in [0.2, 0.25) is 0 Å². The van der Waals surface area contributed by atoms with Crippen LogP contribution < -0.4 is 4.74 Å². The summed E-state index contributed by atoms with van der Waals surface area (Å²) in [6, 6.07) is 11.8. The molecular formula is C18H19FO5. The Kier molecular flexibility index (Phi) is 5.41. The number of ether oxygens (including phenoxy) is 2. The Hall–Kier alpha value is -2.60. The molecule has 2 atom stereocenters. The van der Waals surface area contributed by atoms with Crippen LogP contribution in [0, 0.1) is 5.82 Å². The maximum atomic E-state index is 13.6. The molecule has 5 nitrogen and oxygen atoms in total. The summed E-state index contributed by atoms with van der Waals surface area (Å²) in [6.45, 7) is 2.86. The number of hydrogen-bond acceptors (Lipinski definition) is 4. The van der Waals surface area contributed by atoms with Gasteiger partial charge in [0, 0.05) is 5.56 Å². The molecule has 2 aromatic carbocycles. The summed E-state index contributed by atoms with van der Waals surface area (Å²) in [5.74, 6) is -1.31. The van der Waals surface area contributed by atoms with Gasteiger partial charge in [-0.25, -0.2) is 9.18 Å². The van der Waals surface area contributed by atoms with E-state index in [0.29, 0.717) is 5.56 Å². The van der Waals surface area contributed by atoms with Crippen LogP contribution in [0.4, 0.5) is 4.39 Å². The monoisotopic (exact) mass is 334 g/mol. The number of benzene rings is 2. The van der Waals surface area contributed by atoms with Crippen LogP contribution in [-0.2, 0) is 16.1 Å². The summed E-state index contributed by atoms with van der Waals surface area (Å²) >= 11 is 0. The van der Waals surface area contributed by atoms with Crippen molar-refractivity contribution in [3.8, 4) is 11.5 Å². The molecule has 0 heterocycles. The first-order valence-corrected chi connectivity index (χ1v) is 7.39. The molecule has 24 heavy (non-hydrogen) atoms. The van der Waals surface area contributed by atoms with Crippen molar-refractivity contribution in [2.24, 2.45) is 0 Å². The fourth-order valence-electron chi connectivity index (χ4n) is 2.05. The van der Waals surface area contributed by atoms with Gasteiger partial charge in [-0.15, -0.1) is 0 Å². The van der Waals surface area contributed by atoms with Crippen molar-refractivity contribution in [1.82, 2.24) is 0 Å². The predicted octanol–water partition coefficient (Wildman–Crippen LogP) is 3.36. The summed E-state index contributed by atoms with van der Waals surface area (Å²) in [6.07, 6.45) is -0.858. The summed E-state index contributed by atoms with van der Waals surface area (Å²) in [7, 11) is 0. The molecule has 0 radical (unpaired) electrons. The van der Waals surface area contributed by atoms with E-state index in [1.54, 1.807) is 25.1 Å². The van der Waals surface area contributed by atoms with Gasteiger partial charge in [-0.3, -0.25) is 0 Å². The lowest BCUT2D eigenvalue weighted by molar-refractivity contribution is -0.168. The second-order valence-electron chi connectivity index (χ2n) is 5.55. The number of hydrogen-bond donors (Lipinski definition) is 2. The average Bonchev–Trinajstić information content (AvgIpc) is 2.55. The highest BCUT2D eigenvalue weighted by molar-refractivity contribution is 5.78. The highest BCUT2D eigenvalue weighted by atomic mass is 19.1. The van der Waals surface area contributed by atoms with Gasteiger partial charge in [-0.1, -0.05) is 18.2 Å². The minimum Gasteiger partial charge on any atom is -0.508 e. The normalized spacial score (nSPS) is 14.6. The first-order valence-electron chi connectivity index (χ1n) is 7.39. The van der Waals surface area contributed by atoms with Crippen LogP contribution in [0.15, 0.2) is 48.5 Å². The van der Waals surface area contributed by atoms with Gasteiger partial charge >= 0.3 is 5.97 Å². The standard InChI is InChI=1S/C18H19FO5/c1-12(23-11-13-5-3-4-6-16(13)19)18(2,17(21)22)24-15-9-7-14(20)8-10-15/h3-10,12,20H,11H2,1-2H3,(H,21,22). The van der Waals surface area contributed by atoms with Crippen molar-refractivity contribution in [1.29, 1.82) is 0 Å². The molecule has 0 aliphatic rings. The van der Waals surface area contributed by atoms with E-state index in [0.717, 1.165) is 0 Å². The number of phenols is 1. The first kappa shape index (κ1) is 17.7. The van der Waals surface area contributed by atoms with E-state index in [4.69, 9.17) is 9.47 Å². The molecule has 0 fully saturated rings. The molecule has 6 heteroatoms. The zero-order valence-electron chi connectivity index (χ0n) is 13.4. The van der Waals surface area contributed by atoms with Crippen molar-refractivity contribution >= 4 is 5.97 Å². The number of rotatable bonds is 7. The molecule has 0 spiro atoms. The van der Waals surface area contributed by atoms with Crippen LogP contribution in [0.5, 0.6) is 11.5 Å². The topological polar surface area (TPSA) is 76.0 Å². The maximum absolute atomic E-state index is 13.6. The molecule has 0 bridgehead atoms. The molecule has 128 valence electrons. The summed E-state index contributed by atoms with van der Waals surface area (Å²) < 4.78 is 24.7. The highest BCUT2D eigenvalue weighted by Crippen LogP contribution is 2.26. The SMILES string of the molecule is CC(OCc1ccccc1F)C(C)(Oc1ccc(O)cc1)C(=O)O. The Balaban J connectivity index is 2.11. The smallest absolute Gasteiger partial charge is 0.350 e. The fourth-order valence-corrected chi connectivity index (χ4v) is 2.05. The van der Waals surface area contributed by atoms with Crippen molar-refractivity contribution in [3.05, 3.63) is 59.9 Å². The summed E-state index contributed by atoms with van der Waals surface area (Å²) in [5.41, 5.74) is -1.34. The number of aliphatic carboxylic acids is 1. The van der Waals surface area contributed by atoms with Crippen molar-refractivity contribution in [3.63, 3.8) is 0 Å². The van der Waals surface area contributed by atoms with Crippen LogP contribution in [-0.4, -0.2) is 27.9 Å². The number of halogens is 1. The van der Waals surface area contributed by atoms with Gasteiger partial charge in [-0.2, -0.15) is 0 Å². The van der Waals surface area contributed by atoms with Gasteiger partial charge in [0.1, 0.15) is 23.4 Å². The zero-order chi connectivity index (χ0) is 17.7. The Labute approximate surface area is 139 Å². The van der Waals surface area contributed by atoms with E-state index in [1.807, 2.05) is 0 Å². The second-order valence-corrected chi connectivity index (χ2v) is 5.55. The minimum atomic E-state index is -1.68. The molecule has 2 N–H and O–H groups in total. The Bertz CT molecular complexity index is 701. The van der Waals surface area contributed by atoms with Crippen molar-refractivity contribution in [2.75, 3.05) is 0 Å². The number of aromatic hydroxyl groups is 1. The third kappa shape index (κ3) is 4.02. The van der Waals surface area contributed by atoms with Crippen LogP contribution >= 0.6 is 0 Å². The molecule has 0 saturated heterocycles. The zero-order valence-corrected chi connectivity index (χ0v) is 13.4. The van der Waals surface area contributed by atoms with E-state index < -0.39 is 23.5 Å². The summed E-state index contributed by atoms with van der Waals surface area (Å²) in [4.78, 5) is 11.7. The van der Waals surface area contributed by atoms with Gasteiger partial charge in [0.15, 0.2) is 0 Å². The number of carbonyl (C=O) groups is 1. The van der Waals surface area contributed by atoms with Crippen molar-refractivity contribution < 1.29 is 28.9 Å². The van der Waals surface area contributed by atoms with Gasteiger partial charge in [0.05, 0.1) is 6.61 Å². The van der Waals surface area contributed by atoms with E-state index >= 15 is 0 Å². The lowest BCUT2D eigenvalue weighted by Gasteiger charge is -2.32. The highest BCUT2D eigenvalue weighted by Gasteiger charge is 2.42. The second kappa shape index (κ2) is 7.31. The average molecular weight is 334 g/mol. The Morgan fingerprint density at radius 3 is 2.42 bits per heavy atom. The van der Waals surface area contributed by atoms with Crippen LogP contribution in [0.3, 0.4) is 0 Å². The van der Waals surface area contributed by atoms with Crippen molar-refractivity contribution in [2.45, 2.75) is 32.2 Å². The minimum absolute atomic E-state index is 0.0447. The van der Waals surface area contributed by atoms with E-state index in [-0.39, 0.29) is 18.1 Å². The predicted molar refractivity (Wildman–Crippen MR) is 85.4 cm³/mol. The van der Waals surface area contributed by atoms with Gasteiger partial charge in [-0.05, 0) is 44.2 Å². The largest absolute Gasteiger partial charge is 0.508 e. The molecule has 0 saturated carbocycles. The van der Waals surface area contributed by atoms with Crippen LogP contribution in [0.1, 0.15) is 19.4 Å². The summed E-state index contributed by atoms with van der Waals surface area (Å²) in [5, 5.41) is 18.8. The van der Waals surface area contributed by atoms with Gasteiger partial charge in [0.2, 0.25) is 5.60 Å². The number of phenolic OH excluding ortho intramolecular Hbond substituents is 1. The quantitative estimate of drug-likeness (QED) is 0.812. The lowest BCUT2D eigenvalue weighted by Crippen LogP contribution is -2.51. The first-order chi connectivity index (χ1) is 11.3. The number of carboxylic acid groups (broad SMARTS) is 1. The molecule has 0 aliphatic heterocycles. The van der Waals surface area contributed by atoms with E-state index in [9.17, 15) is 19.4 Å². The van der Waals surface area contributed by atoms with E-state index in [1.165, 1.54) is 37.3 Å². The molecule has 2 unspecified atom stereocenters.